The molecular weight excluding hydrogens is 232 g/mol. The summed E-state index contributed by atoms with van der Waals surface area (Å²) < 4.78 is 0. The number of hydrogen-bond donors (Lipinski definition) is 2. The van der Waals surface area contributed by atoms with Crippen LogP contribution in [0.4, 0.5) is 0 Å². The maximum Gasteiger partial charge on any atom is 0.255 e. The van der Waals surface area contributed by atoms with Crippen molar-refractivity contribution < 1.29 is 15.0 Å². The lowest BCUT2D eigenvalue weighted by Crippen LogP contribution is -2.37. The van der Waals surface area contributed by atoms with Crippen LogP contribution in [-0.2, 0) is 0 Å². The minimum absolute atomic E-state index is 0.0975. The summed E-state index contributed by atoms with van der Waals surface area (Å²) in [7, 11) is 1.62. The first kappa shape index (κ1) is 14.2. The highest BCUT2D eigenvalue weighted by Crippen LogP contribution is 2.07. The number of amides is 1. The Labute approximate surface area is 106 Å². The molecule has 0 aromatic carbocycles. The number of likely N-dealkylation sites (N-methyl/N-ethyl adjacent to an activating group) is 1. The summed E-state index contributed by atoms with van der Waals surface area (Å²) >= 11 is 0. The van der Waals surface area contributed by atoms with E-state index in [-0.39, 0.29) is 25.2 Å². The van der Waals surface area contributed by atoms with Crippen molar-refractivity contribution in [3.05, 3.63) is 29.6 Å². The Bertz CT molecular complexity index is 477. The number of carbonyl (C=O) groups is 1. The topological polar surface area (TPSA) is 73.7 Å². The maximum absolute atomic E-state index is 12.0. The smallest absolute Gasteiger partial charge is 0.255 e. The van der Waals surface area contributed by atoms with Crippen molar-refractivity contribution in [2.24, 2.45) is 0 Å². The summed E-state index contributed by atoms with van der Waals surface area (Å²) in [6.07, 6.45) is 2.97. The molecule has 0 saturated carbocycles. The normalized spacial score (nSPS) is 11.3. The standard InChI is InChI=1S/C13H16N2O3/c1-10(9-17)15(2)13(18)12-6-11(4-3-5-16)7-14-8-12/h6-8,10,16-17H,5,9H2,1-2H3. The second kappa shape index (κ2) is 6.74. The number of aliphatic hydroxyl groups excluding tert-OH is 2. The minimum atomic E-state index is -0.260. The maximum atomic E-state index is 12.0. The van der Waals surface area contributed by atoms with Gasteiger partial charge in [-0.25, -0.2) is 0 Å². The first-order valence-electron chi connectivity index (χ1n) is 5.53. The van der Waals surface area contributed by atoms with Crippen molar-refractivity contribution in [1.29, 1.82) is 0 Å². The summed E-state index contributed by atoms with van der Waals surface area (Å²) in [6, 6.07) is 1.35. The Morgan fingerprint density at radius 3 is 2.83 bits per heavy atom. The fourth-order valence-corrected chi connectivity index (χ4v) is 1.29. The number of aliphatic hydroxyl groups is 2. The van der Waals surface area contributed by atoms with Gasteiger partial charge < -0.3 is 15.1 Å². The number of pyridine rings is 1. The van der Waals surface area contributed by atoms with Crippen LogP contribution in [0.5, 0.6) is 0 Å². The third-order valence-electron chi connectivity index (χ3n) is 2.54. The van der Waals surface area contributed by atoms with Gasteiger partial charge in [0.15, 0.2) is 0 Å². The fraction of sp³-hybridized carbons (Fsp3) is 0.385. The summed E-state index contributed by atoms with van der Waals surface area (Å²) in [5, 5.41) is 17.6. The molecule has 1 rings (SSSR count). The van der Waals surface area contributed by atoms with Gasteiger partial charge in [-0.15, -0.1) is 0 Å². The molecule has 5 heteroatoms. The number of nitrogens with zero attached hydrogens (tertiary/aromatic N) is 2. The van der Waals surface area contributed by atoms with E-state index in [4.69, 9.17) is 10.2 Å². The van der Waals surface area contributed by atoms with Gasteiger partial charge >= 0.3 is 0 Å². The molecule has 1 aromatic rings. The Hall–Kier alpha value is -1.90. The predicted molar refractivity (Wildman–Crippen MR) is 66.8 cm³/mol. The number of hydrogen-bond acceptors (Lipinski definition) is 4. The SMILES string of the molecule is CC(CO)N(C)C(=O)c1cncc(C#CCO)c1. The lowest BCUT2D eigenvalue weighted by molar-refractivity contribution is 0.0681. The van der Waals surface area contributed by atoms with Gasteiger partial charge in [0.2, 0.25) is 0 Å². The van der Waals surface area contributed by atoms with Crippen molar-refractivity contribution in [3.8, 4) is 11.8 Å². The Balaban J connectivity index is 2.93. The zero-order valence-corrected chi connectivity index (χ0v) is 10.4. The zero-order chi connectivity index (χ0) is 13.5. The van der Waals surface area contributed by atoms with Gasteiger partial charge in [0.1, 0.15) is 6.61 Å². The van der Waals surface area contributed by atoms with Crippen LogP contribution in [0.3, 0.4) is 0 Å². The number of rotatable bonds is 3. The van der Waals surface area contributed by atoms with Crippen LogP contribution in [0.2, 0.25) is 0 Å². The van der Waals surface area contributed by atoms with Crippen molar-refractivity contribution >= 4 is 5.91 Å². The van der Waals surface area contributed by atoms with Crippen molar-refractivity contribution in [3.63, 3.8) is 0 Å². The lowest BCUT2D eigenvalue weighted by Gasteiger charge is -2.23. The highest BCUT2D eigenvalue weighted by atomic mass is 16.3. The monoisotopic (exact) mass is 248 g/mol. The average Bonchev–Trinajstić information content (AvgIpc) is 2.42. The molecule has 96 valence electrons. The Kier molecular flexibility index (Phi) is 5.31. The minimum Gasteiger partial charge on any atom is -0.394 e. The molecule has 1 amide bonds. The second-order valence-electron chi connectivity index (χ2n) is 3.87. The van der Waals surface area contributed by atoms with Gasteiger partial charge in [-0.05, 0) is 13.0 Å². The lowest BCUT2D eigenvalue weighted by atomic mass is 10.1. The van der Waals surface area contributed by atoms with E-state index in [0.717, 1.165) is 0 Å². The molecular formula is C13H16N2O3. The molecule has 0 radical (unpaired) electrons. The van der Waals surface area contributed by atoms with Crippen molar-refractivity contribution in [2.45, 2.75) is 13.0 Å². The van der Waals surface area contributed by atoms with Crippen LogP contribution in [0, 0.1) is 11.8 Å². The van der Waals surface area contributed by atoms with E-state index in [1.54, 1.807) is 20.0 Å². The van der Waals surface area contributed by atoms with E-state index >= 15 is 0 Å². The van der Waals surface area contributed by atoms with Crippen molar-refractivity contribution in [2.75, 3.05) is 20.3 Å². The summed E-state index contributed by atoms with van der Waals surface area (Å²) in [6.45, 7) is 1.42. The molecule has 1 atom stereocenters. The molecule has 5 nitrogen and oxygen atoms in total. The molecule has 18 heavy (non-hydrogen) atoms. The quantitative estimate of drug-likeness (QED) is 0.731. The largest absolute Gasteiger partial charge is 0.394 e. The third-order valence-corrected chi connectivity index (χ3v) is 2.54. The van der Waals surface area contributed by atoms with E-state index < -0.39 is 0 Å². The third kappa shape index (κ3) is 3.55. The molecule has 0 fully saturated rings. The summed E-state index contributed by atoms with van der Waals surface area (Å²) in [5.41, 5.74) is 0.975. The van der Waals surface area contributed by atoms with E-state index in [2.05, 4.69) is 16.8 Å². The van der Waals surface area contributed by atoms with Crippen LogP contribution < -0.4 is 0 Å². The van der Waals surface area contributed by atoms with Crippen LogP contribution in [0.25, 0.3) is 0 Å². The fourth-order valence-electron chi connectivity index (χ4n) is 1.29. The van der Waals surface area contributed by atoms with Gasteiger partial charge in [-0.3, -0.25) is 9.78 Å². The van der Waals surface area contributed by atoms with E-state index in [1.165, 1.54) is 17.3 Å². The van der Waals surface area contributed by atoms with Gasteiger partial charge in [0, 0.05) is 25.0 Å². The molecule has 0 saturated heterocycles. The first-order valence-corrected chi connectivity index (χ1v) is 5.53. The van der Waals surface area contributed by atoms with Crippen LogP contribution >= 0.6 is 0 Å². The molecule has 0 aliphatic rings. The summed E-state index contributed by atoms with van der Waals surface area (Å²) in [5.74, 6) is 4.96. The molecule has 0 aliphatic heterocycles. The van der Waals surface area contributed by atoms with E-state index in [0.29, 0.717) is 11.1 Å². The van der Waals surface area contributed by atoms with Gasteiger partial charge in [-0.2, -0.15) is 0 Å². The highest BCUT2D eigenvalue weighted by molar-refractivity contribution is 5.94. The van der Waals surface area contributed by atoms with Gasteiger partial charge in [0.25, 0.3) is 5.91 Å². The number of carbonyl (C=O) groups excluding carboxylic acids is 1. The first-order chi connectivity index (χ1) is 8.60. The molecule has 0 spiro atoms. The zero-order valence-electron chi connectivity index (χ0n) is 10.4. The molecule has 0 aliphatic carbocycles. The van der Waals surface area contributed by atoms with E-state index in [9.17, 15) is 4.79 Å². The molecule has 0 bridgehead atoms. The highest BCUT2D eigenvalue weighted by Gasteiger charge is 2.17. The number of aromatic nitrogens is 1. The molecule has 2 N–H and O–H groups in total. The average molecular weight is 248 g/mol. The molecule has 1 heterocycles. The predicted octanol–water partition coefficient (Wildman–Crippen LogP) is -0.122. The van der Waals surface area contributed by atoms with Crippen LogP contribution in [0.1, 0.15) is 22.8 Å². The molecule has 1 aromatic heterocycles. The Morgan fingerprint density at radius 2 is 2.22 bits per heavy atom. The summed E-state index contributed by atoms with van der Waals surface area (Å²) in [4.78, 5) is 17.4. The van der Waals surface area contributed by atoms with Gasteiger partial charge in [-0.1, -0.05) is 11.8 Å². The Morgan fingerprint density at radius 1 is 1.50 bits per heavy atom. The second-order valence-corrected chi connectivity index (χ2v) is 3.87. The van der Waals surface area contributed by atoms with Gasteiger partial charge in [0.05, 0.1) is 18.2 Å². The van der Waals surface area contributed by atoms with Crippen LogP contribution in [-0.4, -0.2) is 52.3 Å². The van der Waals surface area contributed by atoms with Crippen LogP contribution in [0.15, 0.2) is 18.5 Å². The van der Waals surface area contributed by atoms with E-state index in [1.807, 2.05) is 0 Å². The molecule has 1 unspecified atom stereocenters. The van der Waals surface area contributed by atoms with Crippen molar-refractivity contribution in [1.82, 2.24) is 9.88 Å².